The van der Waals surface area contributed by atoms with Crippen molar-refractivity contribution in [2.24, 2.45) is 10.8 Å². The smallest absolute Gasteiger partial charge is 0.338 e. The van der Waals surface area contributed by atoms with Gasteiger partial charge in [-0.3, -0.25) is 9.52 Å². The number of hydrogen-bond acceptors (Lipinski definition) is 5. The van der Waals surface area contributed by atoms with Gasteiger partial charge in [-0.25, -0.2) is 13.2 Å². The molecule has 0 aromatic heterocycles. The zero-order valence-corrected chi connectivity index (χ0v) is 23.1. The number of anilines is 1. The van der Waals surface area contributed by atoms with E-state index in [1.165, 1.54) is 18.2 Å². The van der Waals surface area contributed by atoms with Gasteiger partial charge in [0.2, 0.25) is 0 Å². The van der Waals surface area contributed by atoms with Crippen LogP contribution in [0.5, 0.6) is 0 Å². The molecule has 1 N–H and O–H groups in total. The molecule has 194 valence electrons. The molecule has 2 bridgehead atoms. The van der Waals surface area contributed by atoms with Crippen molar-refractivity contribution >= 4 is 50.8 Å². The number of likely N-dealkylation sites (tertiary alicyclic amines) is 1. The van der Waals surface area contributed by atoms with Crippen LogP contribution in [0.3, 0.4) is 0 Å². The van der Waals surface area contributed by atoms with Crippen LogP contribution >= 0.6 is 23.2 Å². The van der Waals surface area contributed by atoms with Crippen molar-refractivity contribution in [3.05, 3.63) is 57.6 Å². The van der Waals surface area contributed by atoms with E-state index in [0.29, 0.717) is 11.6 Å². The minimum absolute atomic E-state index is 0.0252. The first-order chi connectivity index (χ1) is 16.7. The predicted molar refractivity (Wildman–Crippen MR) is 140 cm³/mol. The van der Waals surface area contributed by atoms with Gasteiger partial charge in [-0.2, -0.15) is 0 Å². The summed E-state index contributed by atoms with van der Waals surface area (Å²) >= 11 is 12.2. The fourth-order valence-corrected chi connectivity index (χ4v) is 7.50. The molecule has 1 heterocycles. The number of esters is 1. The molecule has 2 atom stereocenters. The number of nitrogens with zero attached hydrogens (tertiary/aromatic N) is 1. The number of fused-ring (bicyclic) bond motifs is 2. The third-order valence-corrected chi connectivity index (χ3v) is 9.21. The molecule has 1 saturated heterocycles. The summed E-state index contributed by atoms with van der Waals surface area (Å²) in [4.78, 5) is 27.2. The van der Waals surface area contributed by atoms with E-state index >= 15 is 0 Å². The van der Waals surface area contributed by atoms with Crippen molar-refractivity contribution in [1.82, 2.24) is 4.90 Å². The van der Waals surface area contributed by atoms with E-state index in [1.54, 1.807) is 19.1 Å². The van der Waals surface area contributed by atoms with E-state index in [4.69, 9.17) is 27.9 Å². The quantitative estimate of drug-likeness (QED) is 0.465. The Balaban J connectivity index is 1.45. The second-order valence-electron chi connectivity index (χ2n) is 11.0. The molecule has 1 aliphatic heterocycles. The number of amides is 1. The molecule has 10 heteroatoms. The van der Waals surface area contributed by atoms with Crippen LogP contribution in [0.2, 0.25) is 10.0 Å². The van der Waals surface area contributed by atoms with Crippen molar-refractivity contribution in [2.45, 2.75) is 57.9 Å². The van der Waals surface area contributed by atoms with Crippen LogP contribution in [0.25, 0.3) is 0 Å². The van der Waals surface area contributed by atoms with Crippen LogP contribution in [0.15, 0.2) is 41.3 Å². The molecular formula is C26H30Cl2N2O5S. The third kappa shape index (κ3) is 5.66. The van der Waals surface area contributed by atoms with E-state index < -0.39 is 22.6 Å². The minimum atomic E-state index is -4.13. The van der Waals surface area contributed by atoms with Gasteiger partial charge in [0.25, 0.3) is 15.9 Å². The molecule has 7 nitrogen and oxygen atoms in total. The van der Waals surface area contributed by atoms with Crippen LogP contribution in [0.4, 0.5) is 5.69 Å². The molecule has 0 radical (unpaired) electrons. The fourth-order valence-electron chi connectivity index (χ4n) is 5.75. The number of benzene rings is 2. The highest BCUT2D eigenvalue weighted by Crippen LogP contribution is 2.52. The molecular weight excluding hydrogens is 523 g/mol. The number of rotatable bonds is 6. The summed E-state index contributed by atoms with van der Waals surface area (Å²) in [5.41, 5.74) is 1.26. The Labute approximate surface area is 222 Å². The third-order valence-electron chi connectivity index (χ3n) is 6.94. The first kappa shape index (κ1) is 26.8. The van der Waals surface area contributed by atoms with Crippen molar-refractivity contribution < 1.29 is 22.7 Å². The molecule has 1 aliphatic carbocycles. The maximum atomic E-state index is 13.0. The van der Waals surface area contributed by atoms with Gasteiger partial charge in [0.1, 0.15) is 4.90 Å². The summed E-state index contributed by atoms with van der Waals surface area (Å²) < 4.78 is 33.6. The van der Waals surface area contributed by atoms with Crippen molar-refractivity contribution in [3.8, 4) is 0 Å². The monoisotopic (exact) mass is 552 g/mol. The molecule has 2 aromatic carbocycles. The molecule has 2 unspecified atom stereocenters. The Morgan fingerprint density at radius 3 is 2.50 bits per heavy atom. The maximum absolute atomic E-state index is 13.0. The standard InChI is InChI=1S/C26H30Cl2N2O5S/c1-16-5-7-18(10-21(16)28)29-36(33,34)22-9-17(6-8-20(22)27)24(32)35-13-23(31)30-15-26(4)12-19(30)11-25(2,3)14-26/h5-10,19,29H,11-15H2,1-4H3. The van der Waals surface area contributed by atoms with Gasteiger partial charge in [0.15, 0.2) is 6.61 Å². The second-order valence-corrected chi connectivity index (χ2v) is 13.5. The fraction of sp³-hybridized carbons (Fsp3) is 0.462. The zero-order chi connectivity index (χ0) is 26.5. The normalized spacial score (nSPS) is 22.8. The summed E-state index contributed by atoms with van der Waals surface area (Å²) in [5.74, 6) is -1.04. The SMILES string of the molecule is Cc1ccc(NS(=O)(=O)c2cc(C(=O)OCC(=O)N3CC4(C)CC3CC(C)(C)C4)ccc2Cl)cc1Cl. The van der Waals surface area contributed by atoms with Crippen LogP contribution in [0, 0.1) is 17.8 Å². The number of aryl methyl sites for hydroxylation is 1. The van der Waals surface area contributed by atoms with Crippen molar-refractivity contribution in [1.29, 1.82) is 0 Å². The van der Waals surface area contributed by atoms with Crippen LogP contribution in [-0.4, -0.2) is 44.4 Å². The van der Waals surface area contributed by atoms with Gasteiger partial charge in [0, 0.05) is 17.6 Å². The average Bonchev–Trinajstić information content (AvgIpc) is 3.03. The molecule has 2 aromatic rings. The topological polar surface area (TPSA) is 92.8 Å². The lowest BCUT2D eigenvalue weighted by atomic mass is 9.65. The number of sulfonamides is 1. The van der Waals surface area contributed by atoms with Gasteiger partial charge in [0.05, 0.1) is 16.3 Å². The summed E-state index contributed by atoms with van der Waals surface area (Å²) in [6.07, 6.45) is 2.92. The van der Waals surface area contributed by atoms with Gasteiger partial charge >= 0.3 is 5.97 Å². The van der Waals surface area contributed by atoms with Gasteiger partial charge in [-0.1, -0.05) is 50.0 Å². The Morgan fingerprint density at radius 1 is 1.08 bits per heavy atom. The number of halogens is 2. The highest BCUT2D eigenvalue weighted by Gasteiger charge is 2.50. The molecule has 4 rings (SSSR count). The van der Waals surface area contributed by atoms with Crippen LogP contribution in [0.1, 0.15) is 56.0 Å². The van der Waals surface area contributed by atoms with E-state index in [1.807, 2.05) is 4.90 Å². The molecule has 2 aliphatic rings. The van der Waals surface area contributed by atoms with Crippen molar-refractivity contribution in [2.75, 3.05) is 17.9 Å². The Kier molecular flexibility index (Phi) is 7.09. The molecule has 36 heavy (non-hydrogen) atoms. The second kappa shape index (κ2) is 9.54. The average molecular weight is 554 g/mol. The minimum Gasteiger partial charge on any atom is -0.452 e. The van der Waals surface area contributed by atoms with Gasteiger partial charge < -0.3 is 9.64 Å². The Bertz CT molecular complexity index is 1330. The summed E-state index contributed by atoms with van der Waals surface area (Å²) in [5, 5.41) is 0.344. The number of ether oxygens (including phenoxy) is 1. The molecule has 1 amide bonds. The molecule has 2 fully saturated rings. The first-order valence-electron chi connectivity index (χ1n) is 11.7. The number of nitrogens with one attached hydrogen (secondary N) is 1. The van der Waals surface area contributed by atoms with Crippen LogP contribution < -0.4 is 4.72 Å². The van der Waals surface area contributed by atoms with Crippen LogP contribution in [-0.2, 0) is 19.6 Å². The Morgan fingerprint density at radius 2 is 1.81 bits per heavy atom. The van der Waals surface area contributed by atoms with E-state index in [2.05, 4.69) is 25.5 Å². The maximum Gasteiger partial charge on any atom is 0.338 e. The zero-order valence-electron chi connectivity index (χ0n) is 20.7. The number of carbonyl (C=O) groups excluding carboxylic acids is 2. The van der Waals surface area contributed by atoms with Gasteiger partial charge in [-0.05, 0) is 72.9 Å². The molecule has 1 saturated carbocycles. The summed E-state index contributed by atoms with van der Waals surface area (Å²) in [6.45, 7) is 8.69. The van der Waals surface area contributed by atoms with E-state index in [9.17, 15) is 18.0 Å². The highest BCUT2D eigenvalue weighted by molar-refractivity contribution is 7.92. The van der Waals surface area contributed by atoms with Gasteiger partial charge in [-0.15, -0.1) is 0 Å². The number of carbonyl (C=O) groups is 2. The molecule has 0 spiro atoms. The largest absolute Gasteiger partial charge is 0.452 e. The van der Waals surface area contributed by atoms with E-state index in [-0.39, 0.29) is 43.9 Å². The lowest BCUT2D eigenvalue weighted by Crippen LogP contribution is -2.39. The predicted octanol–water partition coefficient (Wildman–Crippen LogP) is 5.69. The lowest BCUT2D eigenvalue weighted by Gasteiger charge is -2.39. The summed E-state index contributed by atoms with van der Waals surface area (Å²) in [7, 11) is -4.13. The van der Waals surface area contributed by atoms with Crippen molar-refractivity contribution in [3.63, 3.8) is 0 Å². The number of hydrogen-bond donors (Lipinski definition) is 1. The first-order valence-corrected chi connectivity index (χ1v) is 14.0. The highest BCUT2D eigenvalue weighted by atomic mass is 35.5. The Hall–Kier alpha value is -2.29. The summed E-state index contributed by atoms with van der Waals surface area (Å²) in [6, 6.07) is 8.69. The lowest BCUT2D eigenvalue weighted by molar-refractivity contribution is -0.135. The van der Waals surface area contributed by atoms with E-state index in [0.717, 1.165) is 30.9 Å².